The van der Waals surface area contributed by atoms with Crippen LogP contribution in [0.5, 0.6) is 5.88 Å². The molecule has 0 unspecified atom stereocenters. The van der Waals surface area contributed by atoms with Gasteiger partial charge in [-0.1, -0.05) is 0 Å². The van der Waals surface area contributed by atoms with Gasteiger partial charge in [-0.15, -0.1) is 0 Å². The quantitative estimate of drug-likeness (QED) is 0.802. The van der Waals surface area contributed by atoms with Gasteiger partial charge in [-0.05, 0) is 15.9 Å². The number of carbonyl (C=O) groups is 1. The highest BCUT2D eigenvalue weighted by atomic mass is 79.9. The Bertz CT molecular complexity index is 423. The van der Waals surface area contributed by atoms with Crippen molar-refractivity contribution in [2.75, 3.05) is 12.5 Å². The standard InChI is InChI=1S/C8H9BrN4O2/c1-15-7-6-4(5(9)2-11-7)3-13(12-6)8(10)14/h2,12H,3H2,1H3,(H2,10,14). The molecule has 6 nitrogen and oxygen atoms in total. The monoisotopic (exact) mass is 272 g/mol. The molecule has 3 N–H and O–H groups in total. The average Bonchev–Trinajstić information content (AvgIpc) is 2.64. The summed E-state index contributed by atoms with van der Waals surface area (Å²) in [5.74, 6) is 0.442. The van der Waals surface area contributed by atoms with Crippen LogP contribution >= 0.6 is 15.9 Å². The molecule has 0 aromatic carbocycles. The van der Waals surface area contributed by atoms with Gasteiger partial charge in [-0.2, -0.15) is 0 Å². The van der Waals surface area contributed by atoms with E-state index in [0.717, 1.165) is 10.0 Å². The number of carbonyl (C=O) groups excluding carboxylic acids is 1. The molecule has 0 saturated heterocycles. The lowest BCUT2D eigenvalue weighted by Crippen LogP contribution is -2.35. The first-order chi connectivity index (χ1) is 7.13. The third-order valence-electron chi connectivity index (χ3n) is 2.12. The fourth-order valence-electron chi connectivity index (χ4n) is 1.40. The largest absolute Gasteiger partial charge is 0.479 e. The lowest BCUT2D eigenvalue weighted by atomic mass is 10.2. The number of amides is 2. The number of ether oxygens (including phenoxy) is 1. The van der Waals surface area contributed by atoms with E-state index in [1.165, 1.54) is 12.1 Å². The molecule has 0 fully saturated rings. The number of hydrogen-bond donors (Lipinski definition) is 2. The second-order valence-electron chi connectivity index (χ2n) is 3.01. The van der Waals surface area contributed by atoms with Gasteiger partial charge in [0.05, 0.1) is 13.7 Å². The molecule has 1 aliphatic heterocycles. The summed E-state index contributed by atoms with van der Waals surface area (Å²) >= 11 is 3.35. The third kappa shape index (κ3) is 1.58. The molecule has 0 aliphatic carbocycles. The Morgan fingerprint density at radius 1 is 1.80 bits per heavy atom. The van der Waals surface area contributed by atoms with Crippen LogP contribution in [0.2, 0.25) is 0 Å². The molecule has 15 heavy (non-hydrogen) atoms. The topological polar surface area (TPSA) is 80.5 Å². The van der Waals surface area contributed by atoms with E-state index < -0.39 is 6.03 Å². The lowest BCUT2D eigenvalue weighted by molar-refractivity contribution is 0.219. The Balaban J connectivity index is 2.43. The molecular weight excluding hydrogens is 264 g/mol. The maximum absolute atomic E-state index is 11.0. The number of nitrogens with two attached hydrogens (primary N) is 1. The Labute approximate surface area is 94.5 Å². The van der Waals surface area contributed by atoms with Crippen molar-refractivity contribution in [3.63, 3.8) is 0 Å². The van der Waals surface area contributed by atoms with Crippen LogP contribution in [0.25, 0.3) is 0 Å². The van der Waals surface area contributed by atoms with Crippen molar-refractivity contribution in [2.45, 2.75) is 6.54 Å². The maximum Gasteiger partial charge on any atom is 0.333 e. The number of halogens is 1. The highest BCUT2D eigenvalue weighted by Crippen LogP contribution is 2.36. The van der Waals surface area contributed by atoms with Crippen molar-refractivity contribution < 1.29 is 9.53 Å². The van der Waals surface area contributed by atoms with Crippen molar-refractivity contribution in [1.29, 1.82) is 0 Å². The summed E-state index contributed by atoms with van der Waals surface area (Å²) in [5, 5.41) is 1.29. The number of urea groups is 1. The van der Waals surface area contributed by atoms with Crippen molar-refractivity contribution >= 4 is 27.6 Å². The second kappa shape index (κ2) is 3.58. The Kier molecular flexibility index (Phi) is 2.39. The van der Waals surface area contributed by atoms with E-state index in [2.05, 4.69) is 26.3 Å². The summed E-state index contributed by atoms with van der Waals surface area (Å²) < 4.78 is 5.88. The molecular formula is C8H9BrN4O2. The number of anilines is 1. The van der Waals surface area contributed by atoms with Crippen molar-refractivity contribution in [1.82, 2.24) is 9.99 Å². The first-order valence-electron chi connectivity index (χ1n) is 4.18. The van der Waals surface area contributed by atoms with Crippen LogP contribution in [0.4, 0.5) is 10.5 Å². The van der Waals surface area contributed by atoms with Crippen LogP contribution in [-0.4, -0.2) is 23.1 Å². The summed E-state index contributed by atoms with van der Waals surface area (Å²) in [6, 6.07) is -0.542. The molecule has 1 aromatic rings. The number of fused-ring (bicyclic) bond motifs is 1. The molecule has 1 aliphatic rings. The number of nitrogens with zero attached hydrogens (tertiary/aromatic N) is 2. The first-order valence-corrected chi connectivity index (χ1v) is 4.97. The minimum absolute atomic E-state index is 0.393. The summed E-state index contributed by atoms with van der Waals surface area (Å²) in [7, 11) is 1.52. The molecule has 0 radical (unpaired) electrons. The Morgan fingerprint density at radius 2 is 2.53 bits per heavy atom. The van der Waals surface area contributed by atoms with Gasteiger partial charge in [-0.25, -0.2) is 14.8 Å². The van der Waals surface area contributed by atoms with Gasteiger partial charge in [-0.3, -0.25) is 5.43 Å². The van der Waals surface area contributed by atoms with Gasteiger partial charge < -0.3 is 10.5 Å². The minimum atomic E-state index is -0.542. The van der Waals surface area contributed by atoms with Crippen LogP contribution < -0.4 is 15.9 Å². The number of aromatic nitrogens is 1. The molecule has 2 amide bonds. The van der Waals surface area contributed by atoms with Crippen molar-refractivity contribution in [3.05, 3.63) is 16.2 Å². The highest BCUT2D eigenvalue weighted by Gasteiger charge is 2.27. The number of rotatable bonds is 1. The SMILES string of the molecule is COc1ncc(Br)c2c1NN(C(N)=O)C2. The van der Waals surface area contributed by atoms with E-state index >= 15 is 0 Å². The normalized spacial score (nSPS) is 13.3. The maximum atomic E-state index is 11.0. The molecule has 2 heterocycles. The van der Waals surface area contributed by atoms with Crippen LogP contribution in [0, 0.1) is 0 Å². The van der Waals surface area contributed by atoms with Crippen molar-refractivity contribution in [3.8, 4) is 5.88 Å². The van der Waals surface area contributed by atoms with E-state index in [4.69, 9.17) is 10.5 Å². The Morgan fingerprint density at radius 3 is 3.13 bits per heavy atom. The molecule has 2 rings (SSSR count). The summed E-state index contributed by atoms with van der Waals surface area (Å²) in [6.07, 6.45) is 1.63. The Hall–Kier alpha value is -1.50. The number of hydrazine groups is 1. The van der Waals surface area contributed by atoms with Crippen molar-refractivity contribution in [2.24, 2.45) is 5.73 Å². The zero-order valence-corrected chi connectivity index (χ0v) is 9.54. The first kappa shape index (κ1) is 10.0. The lowest BCUT2D eigenvalue weighted by Gasteiger charge is -2.12. The smallest absolute Gasteiger partial charge is 0.333 e. The van der Waals surface area contributed by atoms with Gasteiger partial charge in [0.2, 0.25) is 5.88 Å². The van der Waals surface area contributed by atoms with Gasteiger partial charge >= 0.3 is 6.03 Å². The number of primary amides is 1. The minimum Gasteiger partial charge on any atom is -0.479 e. The fourth-order valence-corrected chi connectivity index (χ4v) is 1.82. The third-order valence-corrected chi connectivity index (χ3v) is 2.80. The summed E-state index contributed by atoms with van der Waals surface area (Å²) in [5.41, 5.74) is 9.58. The molecule has 80 valence electrons. The van der Waals surface area contributed by atoms with Gasteiger partial charge in [0.15, 0.2) is 0 Å². The van der Waals surface area contributed by atoms with E-state index in [0.29, 0.717) is 18.1 Å². The average molecular weight is 273 g/mol. The highest BCUT2D eigenvalue weighted by molar-refractivity contribution is 9.10. The summed E-state index contributed by atoms with van der Waals surface area (Å²) in [6.45, 7) is 0.393. The molecule has 0 bridgehead atoms. The van der Waals surface area contributed by atoms with Crippen LogP contribution in [-0.2, 0) is 6.54 Å². The second-order valence-corrected chi connectivity index (χ2v) is 3.86. The summed E-state index contributed by atoms with van der Waals surface area (Å²) in [4.78, 5) is 15.0. The number of pyridine rings is 1. The van der Waals surface area contributed by atoms with E-state index in [1.807, 2.05) is 0 Å². The zero-order valence-electron chi connectivity index (χ0n) is 7.95. The molecule has 7 heteroatoms. The van der Waals surface area contributed by atoms with Gasteiger partial charge in [0.25, 0.3) is 0 Å². The molecule has 0 spiro atoms. The van der Waals surface area contributed by atoms with Gasteiger partial charge in [0, 0.05) is 16.2 Å². The number of nitrogens with one attached hydrogen (secondary N) is 1. The fraction of sp³-hybridized carbons (Fsp3) is 0.250. The van der Waals surface area contributed by atoms with Crippen LogP contribution in [0.3, 0.4) is 0 Å². The molecule has 0 saturated carbocycles. The van der Waals surface area contributed by atoms with Crippen LogP contribution in [0.1, 0.15) is 5.56 Å². The van der Waals surface area contributed by atoms with E-state index in [1.54, 1.807) is 6.20 Å². The van der Waals surface area contributed by atoms with Crippen LogP contribution in [0.15, 0.2) is 10.7 Å². The van der Waals surface area contributed by atoms with Gasteiger partial charge in [0.1, 0.15) is 5.69 Å². The number of hydrogen-bond acceptors (Lipinski definition) is 4. The predicted molar refractivity (Wildman–Crippen MR) is 57.2 cm³/mol. The molecule has 0 atom stereocenters. The number of methoxy groups -OCH3 is 1. The zero-order chi connectivity index (χ0) is 11.0. The van der Waals surface area contributed by atoms with E-state index in [-0.39, 0.29) is 0 Å². The molecule has 1 aromatic heterocycles. The van der Waals surface area contributed by atoms with E-state index in [9.17, 15) is 4.79 Å². The predicted octanol–water partition coefficient (Wildman–Crippen LogP) is 1.07.